The largest absolute Gasteiger partial charge is 0.363 e. The van der Waals surface area contributed by atoms with E-state index in [9.17, 15) is 9.18 Å². The number of amides is 1. The van der Waals surface area contributed by atoms with Crippen LogP contribution in [0.3, 0.4) is 0 Å². The predicted molar refractivity (Wildman–Crippen MR) is 74.0 cm³/mol. The Balaban J connectivity index is 1.82. The lowest BCUT2D eigenvalue weighted by Gasteiger charge is -2.24. The number of H-pyrrole nitrogens is 1. The van der Waals surface area contributed by atoms with Crippen LogP contribution in [0.5, 0.6) is 0 Å². The van der Waals surface area contributed by atoms with Gasteiger partial charge >= 0.3 is 0 Å². The quantitative estimate of drug-likeness (QED) is 0.840. The number of epoxide rings is 1. The molecule has 1 aromatic heterocycles. The summed E-state index contributed by atoms with van der Waals surface area (Å²) in [6.07, 6.45) is 1.60. The van der Waals surface area contributed by atoms with Crippen molar-refractivity contribution in [2.75, 3.05) is 13.2 Å². The monoisotopic (exact) mass is 276 g/mol. The number of nitrogens with one attached hydrogen (secondary N) is 2. The van der Waals surface area contributed by atoms with Crippen molar-refractivity contribution in [2.45, 2.75) is 25.4 Å². The molecule has 1 amide bonds. The molecule has 0 radical (unpaired) electrons. The molecule has 20 heavy (non-hydrogen) atoms. The van der Waals surface area contributed by atoms with Crippen LogP contribution in [0.25, 0.3) is 10.9 Å². The van der Waals surface area contributed by atoms with Crippen molar-refractivity contribution < 1.29 is 13.9 Å². The molecule has 1 aromatic carbocycles. The highest BCUT2D eigenvalue weighted by atomic mass is 19.1. The van der Waals surface area contributed by atoms with Crippen molar-refractivity contribution in [1.29, 1.82) is 0 Å². The minimum absolute atomic E-state index is 0.0658. The summed E-state index contributed by atoms with van der Waals surface area (Å²) in [4.78, 5) is 14.7. The molecule has 2 heterocycles. The Labute approximate surface area is 116 Å². The molecule has 5 heteroatoms. The van der Waals surface area contributed by atoms with Crippen molar-refractivity contribution in [2.24, 2.45) is 0 Å². The Morgan fingerprint density at radius 2 is 2.30 bits per heavy atom. The fraction of sp³-hybridized carbons (Fsp3) is 0.400. The highest BCUT2D eigenvalue weighted by Gasteiger charge is 2.33. The fourth-order valence-corrected chi connectivity index (χ4v) is 2.37. The van der Waals surface area contributed by atoms with Gasteiger partial charge in [0.05, 0.1) is 6.61 Å². The van der Waals surface area contributed by atoms with Crippen LogP contribution < -0.4 is 5.32 Å². The average Bonchev–Trinajstić information content (AvgIpc) is 3.16. The molecule has 1 aliphatic heterocycles. The first-order valence-electron chi connectivity index (χ1n) is 6.64. The van der Waals surface area contributed by atoms with Crippen LogP contribution in [0, 0.1) is 5.82 Å². The van der Waals surface area contributed by atoms with Gasteiger partial charge in [0.15, 0.2) is 6.10 Å². The van der Waals surface area contributed by atoms with Gasteiger partial charge in [-0.05, 0) is 23.8 Å². The first-order chi connectivity index (χ1) is 9.47. The van der Waals surface area contributed by atoms with Gasteiger partial charge in [0.2, 0.25) is 0 Å². The lowest BCUT2D eigenvalue weighted by Crippen LogP contribution is -2.38. The number of hydrogen-bond donors (Lipinski definition) is 2. The summed E-state index contributed by atoms with van der Waals surface area (Å²) >= 11 is 0. The zero-order chi connectivity index (χ0) is 14.3. The highest BCUT2D eigenvalue weighted by molar-refractivity contribution is 5.85. The number of fused-ring (bicyclic) bond motifs is 1. The maximum Gasteiger partial charge on any atom is 0.251 e. The zero-order valence-electron chi connectivity index (χ0n) is 11.5. The van der Waals surface area contributed by atoms with E-state index in [0.717, 1.165) is 16.5 Å². The van der Waals surface area contributed by atoms with Gasteiger partial charge in [-0.1, -0.05) is 13.8 Å². The first-order valence-corrected chi connectivity index (χ1v) is 6.64. The normalized spacial score (nSPS) is 18.2. The van der Waals surface area contributed by atoms with Crippen molar-refractivity contribution >= 4 is 16.8 Å². The lowest BCUT2D eigenvalue weighted by molar-refractivity contribution is -0.122. The van der Waals surface area contributed by atoms with Crippen LogP contribution in [-0.2, 0) is 14.9 Å². The van der Waals surface area contributed by atoms with Gasteiger partial charge in [0.25, 0.3) is 5.91 Å². The summed E-state index contributed by atoms with van der Waals surface area (Å²) in [7, 11) is 0. The van der Waals surface area contributed by atoms with Gasteiger partial charge in [0, 0.05) is 29.1 Å². The summed E-state index contributed by atoms with van der Waals surface area (Å²) in [5.74, 6) is -0.327. The Kier molecular flexibility index (Phi) is 3.01. The molecule has 0 bridgehead atoms. The van der Waals surface area contributed by atoms with Crippen LogP contribution in [-0.4, -0.2) is 30.1 Å². The maximum atomic E-state index is 13.2. The summed E-state index contributed by atoms with van der Waals surface area (Å²) in [5.41, 5.74) is 1.58. The molecule has 1 unspecified atom stereocenters. The van der Waals surface area contributed by atoms with E-state index in [0.29, 0.717) is 13.2 Å². The molecular formula is C15H17FN2O2. The number of ether oxygens (including phenoxy) is 1. The fourth-order valence-electron chi connectivity index (χ4n) is 2.37. The number of carbonyl (C=O) groups is 1. The molecule has 1 aliphatic rings. The molecule has 1 atom stereocenters. The molecule has 0 saturated carbocycles. The Bertz CT molecular complexity index is 659. The summed E-state index contributed by atoms with van der Waals surface area (Å²) < 4.78 is 18.2. The second-order valence-corrected chi connectivity index (χ2v) is 5.82. The van der Waals surface area contributed by atoms with Crippen LogP contribution in [0.4, 0.5) is 4.39 Å². The van der Waals surface area contributed by atoms with E-state index in [1.807, 2.05) is 20.0 Å². The number of rotatable bonds is 4. The van der Waals surface area contributed by atoms with E-state index in [1.165, 1.54) is 12.1 Å². The second-order valence-electron chi connectivity index (χ2n) is 5.82. The van der Waals surface area contributed by atoms with E-state index in [2.05, 4.69) is 10.3 Å². The standard InChI is InChI=1S/C15H17FN2O2/c1-15(2,8-18-14(19)13-7-20-13)11-6-17-12-5-9(16)3-4-10(11)12/h3-6,13,17H,7-8H2,1-2H3,(H,18,19). The zero-order valence-corrected chi connectivity index (χ0v) is 11.5. The molecule has 2 aromatic rings. The molecule has 1 saturated heterocycles. The highest BCUT2D eigenvalue weighted by Crippen LogP contribution is 2.30. The lowest BCUT2D eigenvalue weighted by atomic mass is 9.84. The Hall–Kier alpha value is -1.88. The van der Waals surface area contributed by atoms with Crippen molar-refractivity contribution in [3.05, 3.63) is 35.8 Å². The van der Waals surface area contributed by atoms with E-state index in [1.54, 1.807) is 6.07 Å². The number of halogens is 1. The number of hydrogen-bond acceptors (Lipinski definition) is 2. The predicted octanol–water partition coefficient (Wildman–Crippen LogP) is 2.10. The van der Waals surface area contributed by atoms with Gasteiger partial charge in [-0.3, -0.25) is 4.79 Å². The van der Waals surface area contributed by atoms with Gasteiger partial charge < -0.3 is 15.0 Å². The van der Waals surface area contributed by atoms with Gasteiger partial charge in [0.1, 0.15) is 5.82 Å². The SMILES string of the molecule is CC(C)(CNC(=O)C1CO1)c1c[nH]c2cc(F)ccc12. The smallest absolute Gasteiger partial charge is 0.251 e. The second kappa shape index (κ2) is 4.59. The van der Waals surface area contributed by atoms with Crippen LogP contribution in [0.1, 0.15) is 19.4 Å². The molecular weight excluding hydrogens is 259 g/mol. The molecule has 2 N–H and O–H groups in total. The third-order valence-electron chi connectivity index (χ3n) is 3.70. The number of aromatic amines is 1. The maximum absolute atomic E-state index is 13.2. The van der Waals surface area contributed by atoms with Crippen molar-refractivity contribution in [1.82, 2.24) is 10.3 Å². The Morgan fingerprint density at radius 3 is 3.00 bits per heavy atom. The van der Waals surface area contributed by atoms with Gasteiger partial charge in [-0.2, -0.15) is 0 Å². The topological polar surface area (TPSA) is 57.4 Å². The van der Waals surface area contributed by atoms with E-state index in [-0.39, 0.29) is 23.2 Å². The molecule has 1 fully saturated rings. The van der Waals surface area contributed by atoms with Crippen LogP contribution >= 0.6 is 0 Å². The molecule has 0 aliphatic carbocycles. The summed E-state index contributed by atoms with van der Waals surface area (Å²) in [5, 5.41) is 3.88. The molecule has 106 valence electrons. The molecule has 3 rings (SSSR count). The van der Waals surface area contributed by atoms with Crippen molar-refractivity contribution in [3.8, 4) is 0 Å². The van der Waals surface area contributed by atoms with Crippen LogP contribution in [0.2, 0.25) is 0 Å². The third-order valence-corrected chi connectivity index (χ3v) is 3.70. The molecule has 0 spiro atoms. The van der Waals surface area contributed by atoms with E-state index < -0.39 is 0 Å². The third kappa shape index (κ3) is 2.41. The van der Waals surface area contributed by atoms with Gasteiger partial charge in [-0.15, -0.1) is 0 Å². The number of carbonyl (C=O) groups excluding carboxylic acids is 1. The van der Waals surface area contributed by atoms with Crippen molar-refractivity contribution in [3.63, 3.8) is 0 Å². The number of benzene rings is 1. The Morgan fingerprint density at radius 1 is 1.55 bits per heavy atom. The van der Waals surface area contributed by atoms with Crippen LogP contribution in [0.15, 0.2) is 24.4 Å². The average molecular weight is 276 g/mol. The van der Waals surface area contributed by atoms with Gasteiger partial charge in [-0.25, -0.2) is 4.39 Å². The minimum atomic E-state index is -0.275. The number of aromatic nitrogens is 1. The summed E-state index contributed by atoms with van der Waals surface area (Å²) in [6, 6.07) is 4.70. The van der Waals surface area contributed by atoms with E-state index >= 15 is 0 Å². The molecule has 4 nitrogen and oxygen atoms in total. The summed E-state index contributed by atoms with van der Waals surface area (Å²) in [6.45, 7) is 5.12. The van der Waals surface area contributed by atoms with E-state index in [4.69, 9.17) is 4.74 Å². The minimum Gasteiger partial charge on any atom is -0.363 e. The first kappa shape index (κ1) is 13.1.